The molecule has 0 aliphatic rings. The maximum absolute atomic E-state index is 13.2. The smallest absolute Gasteiger partial charge is 0.235 e. The number of hydrogen-bond donors (Lipinski definition) is 3. The molecule has 29 heavy (non-hydrogen) atoms. The number of methoxy groups -OCH3 is 1. The number of amides is 1. The summed E-state index contributed by atoms with van der Waals surface area (Å²) in [4.78, 5) is 13.2. The molecule has 1 heterocycles. The number of ether oxygens (including phenoxy) is 1. The summed E-state index contributed by atoms with van der Waals surface area (Å²) in [5.41, 5.74) is 1.51. The average molecular weight is 389 g/mol. The number of phenolic OH excluding ortho intramolecular Hbond substituents is 1. The Labute approximate surface area is 166 Å². The van der Waals surface area contributed by atoms with Crippen LogP contribution in [0.25, 0.3) is 10.8 Å². The highest BCUT2D eigenvalue weighted by atomic mass is 16.5. The van der Waals surface area contributed by atoms with E-state index >= 15 is 0 Å². The Morgan fingerprint density at radius 3 is 2.79 bits per heavy atom. The lowest BCUT2D eigenvalue weighted by Crippen LogP contribution is -2.24. The minimum absolute atomic E-state index is 0.0348. The Hall–Kier alpha value is -3.94. The van der Waals surface area contributed by atoms with Gasteiger partial charge in [0, 0.05) is 11.1 Å². The third-order valence-corrected chi connectivity index (χ3v) is 4.72. The molecule has 0 bridgehead atoms. The predicted molar refractivity (Wildman–Crippen MR) is 108 cm³/mol. The van der Waals surface area contributed by atoms with Gasteiger partial charge in [-0.3, -0.25) is 4.79 Å². The molecule has 1 amide bonds. The van der Waals surface area contributed by atoms with E-state index in [0.717, 1.165) is 16.3 Å². The van der Waals surface area contributed by atoms with Gasteiger partial charge < -0.3 is 15.2 Å². The third kappa shape index (κ3) is 3.86. The van der Waals surface area contributed by atoms with Crippen molar-refractivity contribution in [1.29, 1.82) is 0 Å². The summed E-state index contributed by atoms with van der Waals surface area (Å²) in [5, 5.41) is 28.8. The first-order chi connectivity index (χ1) is 14.2. The molecular formula is C21H19N5O3. The minimum Gasteiger partial charge on any atom is -0.504 e. The Kier molecular flexibility index (Phi) is 5.07. The largest absolute Gasteiger partial charge is 0.504 e. The summed E-state index contributed by atoms with van der Waals surface area (Å²) >= 11 is 0. The highest BCUT2D eigenvalue weighted by molar-refractivity contribution is 6.04. The summed E-state index contributed by atoms with van der Waals surface area (Å²) in [6.07, 6.45) is 0.312. The van der Waals surface area contributed by atoms with Crippen LogP contribution in [0.2, 0.25) is 0 Å². The zero-order valence-corrected chi connectivity index (χ0v) is 15.7. The van der Waals surface area contributed by atoms with Gasteiger partial charge in [-0.1, -0.05) is 47.7 Å². The van der Waals surface area contributed by atoms with E-state index in [-0.39, 0.29) is 17.5 Å². The summed E-state index contributed by atoms with van der Waals surface area (Å²) in [7, 11) is 1.47. The van der Waals surface area contributed by atoms with Crippen molar-refractivity contribution in [2.75, 3.05) is 12.4 Å². The molecule has 0 spiro atoms. The fourth-order valence-electron chi connectivity index (χ4n) is 3.26. The Morgan fingerprint density at radius 2 is 2.00 bits per heavy atom. The van der Waals surface area contributed by atoms with Crippen molar-refractivity contribution in [3.8, 4) is 11.5 Å². The molecule has 0 aliphatic carbocycles. The van der Waals surface area contributed by atoms with Gasteiger partial charge in [0.15, 0.2) is 17.3 Å². The molecule has 0 saturated carbocycles. The van der Waals surface area contributed by atoms with Crippen LogP contribution in [0.5, 0.6) is 11.5 Å². The minimum atomic E-state index is -0.679. The van der Waals surface area contributed by atoms with Gasteiger partial charge in [0.1, 0.15) is 5.92 Å². The van der Waals surface area contributed by atoms with E-state index in [4.69, 9.17) is 4.74 Å². The van der Waals surface area contributed by atoms with Crippen LogP contribution in [-0.4, -0.2) is 38.7 Å². The number of aromatic amines is 1. The number of aromatic nitrogens is 4. The van der Waals surface area contributed by atoms with Crippen LogP contribution in [0.3, 0.4) is 0 Å². The standard InChI is InChI=1S/C21H19N5O3/c1-29-19-12-13(9-10-18(19)27)11-16(20-23-25-26-24-20)21(28)22-17-8-4-6-14-5-2-3-7-15(14)17/h2-10,12,16,27H,11H2,1H3,(H,22,28)(H,23,24,25,26). The van der Waals surface area contributed by atoms with Crippen molar-refractivity contribution >= 4 is 22.4 Å². The highest BCUT2D eigenvalue weighted by Crippen LogP contribution is 2.30. The first-order valence-corrected chi connectivity index (χ1v) is 9.03. The van der Waals surface area contributed by atoms with E-state index in [9.17, 15) is 9.90 Å². The number of benzene rings is 3. The van der Waals surface area contributed by atoms with Crippen LogP contribution >= 0.6 is 0 Å². The number of tetrazole rings is 1. The molecule has 8 nitrogen and oxygen atoms in total. The molecule has 1 atom stereocenters. The average Bonchev–Trinajstić information content (AvgIpc) is 3.28. The second kappa shape index (κ2) is 7.97. The first kappa shape index (κ1) is 18.4. The number of phenols is 1. The van der Waals surface area contributed by atoms with Crippen LogP contribution < -0.4 is 10.1 Å². The second-order valence-electron chi connectivity index (χ2n) is 6.55. The van der Waals surface area contributed by atoms with Gasteiger partial charge in [0.05, 0.1) is 7.11 Å². The van der Waals surface area contributed by atoms with Crippen molar-refractivity contribution in [1.82, 2.24) is 20.6 Å². The number of carbonyl (C=O) groups excluding carboxylic acids is 1. The Bertz CT molecular complexity index is 1140. The van der Waals surface area contributed by atoms with Crippen LogP contribution in [0.15, 0.2) is 60.7 Å². The lowest BCUT2D eigenvalue weighted by atomic mass is 9.97. The third-order valence-electron chi connectivity index (χ3n) is 4.72. The van der Waals surface area contributed by atoms with Gasteiger partial charge in [-0.25, -0.2) is 0 Å². The number of fused-ring (bicyclic) bond motifs is 1. The van der Waals surface area contributed by atoms with Crippen molar-refractivity contribution in [2.24, 2.45) is 0 Å². The number of carbonyl (C=O) groups is 1. The fraction of sp³-hybridized carbons (Fsp3) is 0.143. The monoisotopic (exact) mass is 389 g/mol. The number of H-pyrrole nitrogens is 1. The molecule has 0 aliphatic heterocycles. The normalized spacial score (nSPS) is 11.9. The van der Waals surface area contributed by atoms with Crippen LogP contribution in [-0.2, 0) is 11.2 Å². The molecule has 0 saturated heterocycles. The molecular weight excluding hydrogens is 370 g/mol. The van der Waals surface area contributed by atoms with E-state index < -0.39 is 5.92 Å². The molecule has 3 N–H and O–H groups in total. The van der Waals surface area contributed by atoms with Gasteiger partial charge in [-0.2, -0.15) is 5.21 Å². The van der Waals surface area contributed by atoms with Crippen LogP contribution in [0, 0.1) is 0 Å². The van der Waals surface area contributed by atoms with Gasteiger partial charge in [-0.15, -0.1) is 10.2 Å². The van der Waals surface area contributed by atoms with Gasteiger partial charge in [0.25, 0.3) is 0 Å². The zero-order chi connectivity index (χ0) is 20.2. The topological polar surface area (TPSA) is 113 Å². The van der Waals surface area contributed by atoms with Crippen molar-refractivity contribution in [2.45, 2.75) is 12.3 Å². The number of nitrogens with one attached hydrogen (secondary N) is 2. The molecule has 1 aromatic heterocycles. The highest BCUT2D eigenvalue weighted by Gasteiger charge is 2.26. The lowest BCUT2D eigenvalue weighted by molar-refractivity contribution is -0.117. The Balaban J connectivity index is 1.64. The number of aromatic hydroxyl groups is 1. The van der Waals surface area contributed by atoms with E-state index in [1.165, 1.54) is 13.2 Å². The molecule has 3 aromatic carbocycles. The number of hydrogen-bond acceptors (Lipinski definition) is 6. The van der Waals surface area contributed by atoms with Gasteiger partial charge in [0.2, 0.25) is 5.91 Å². The lowest BCUT2D eigenvalue weighted by Gasteiger charge is -2.16. The quantitative estimate of drug-likeness (QED) is 0.467. The summed E-state index contributed by atoms with van der Waals surface area (Å²) in [6.45, 7) is 0. The molecule has 1 unspecified atom stereocenters. The SMILES string of the molecule is COc1cc(CC(C(=O)Nc2cccc3ccccc23)c2nn[nH]n2)ccc1O. The fourth-order valence-corrected chi connectivity index (χ4v) is 3.26. The van der Waals surface area contributed by atoms with E-state index in [0.29, 0.717) is 17.9 Å². The maximum Gasteiger partial charge on any atom is 0.235 e. The summed E-state index contributed by atoms with van der Waals surface area (Å²) < 4.78 is 5.16. The van der Waals surface area contributed by atoms with Crippen LogP contribution in [0.4, 0.5) is 5.69 Å². The zero-order valence-electron chi connectivity index (χ0n) is 15.7. The van der Waals surface area contributed by atoms with Crippen molar-refractivity contribution < 1.29 is 14.6 Å². The van der Waals surface area contributed by atoms with E-state index in [1.54, 1.807) is 12.1 Å². The number of anilines is 1. The van der Waals surface area contributed by atoms with Gasteiger partial charge in [-0.05, 0) is 35.6 Å². The van der Waals surface area contributed by atoms with E-state index in [2.05, 4.69) is 25.9 Å². The Morgan fingerprint density at radius 1 is 1.17 bits per heavy atom. The molecule has 0 fully saturated rings. The maximum atomic E-state index is 13.2. The molecule has 0 radical (unpaired) electrons. The van der Waals surface area contributed by atoms with Gasteiger partial charge >= 0.3 is 0 Å². The first-order valence-electron chi connectivity index (χ1n) is 9.03. The molecule has 8 heteroatoms. The van der Waals surface area contributed by atoms with Crippen LogP contribution in [0.1, 0.15) is 17.3 Å². The predicted octanol–water partition coefficient (Wildman–Crippen LogP) is 3.03. The summed E-state index contributed by atoms with van der Waals surface area (Å²) in [6, 6.07) is 18.5. The van der Waals surface area contributed by atoms with E-state index in [1.807, 2.05) is 42.5 Å². The number of nitrogens with zero attached hydrogens (tertiary/aromatic N) is 3. The molecule has 4 aromatic rings. The van der Waals surface area contributed by atoms with Crippen molar-refractivity contribution in [3.05, 3.63) is 72.1 Å². The van der Waals surface area contributed by atoms with Crippen molar-refractivity contribution in [3.63, 3.8) is 0 Å². The summed E-state index contributed by atoms with van der Waals surface area (Å²) in [5.74, 6) is -0.275. The number of rotatable bonds is 6. The molecule has 146 valence electrons. The second-order valence-corrected chi connectivity index (χ2v) is 6.55. The molecule has 4 rings (SSSR count).